The lowest BCUT2D eigenvalue weighted by molar-refractivity contribution is -0.145. The number of carboxylic acids is 1. The molecule has 2 aliphatic heterocycles. The van der Waals surface area contributed by atoms with Crippen molar-refractivity contribution >= 4 is 5.97 Å². The molecule has 0 aliphatic carbocycles. The molecular weight excluding hydrogens is 206 g/mol. The van der Waals surface area contributed by atoms with E-state index in [1.165, 1.54) is 12.8 Å². The first-order valence-electron chi connectivity index (χ1n) is 6.19. The number of aliphatic carboxylic acids is 1. The Balaban J connectivity index is 1.66. The molecule has 0 aromatic heterocycles. The third kappa shape index (κ3) is 2.74. The van der Waals surface area contributed by atoms with Crippen molar-refractivity contribution in [2.75, 3.05) is 32.8 Å². The second-order valence-electron chi connectivity index (χ2n) is 5.19. The average Bonchev–Trinajstić information content (AvgIpc) is 2.23. The van der Waals surface area contributed by atoms with Crippen molar-refractivity contribution in [2.45, 2.75) is 19.8 Å². The Morgan fingerprint density at radius 2 is 2.31 bits per heavy atom. The first-order chi connectivity index (χ1) is 7.66. The van der Waals surface area contributed by atoms with Crippen LogP contribution in [0.5, 0.6) is 0 Å². The Labute approximate surface area is 96.6 Å². The van der Waals surface area contributed by atoms with E-state index in [4.69, 9.17) is 9.84 Å². The number of ether oxygens (including phenoxy) is 1. The molecule has 0 bridgehead atoms. The zero-order valence-electron chi connectivity index (χ0n) is 9.89. The van der Waals surface area contributed by atoms with Gasteiger partial charge in [-0.2, -0.15) is 0 Å². The summed E-state index contributed by atoms with van der Waals surface area (Å²) in [6, 6.07) is 0. The van der Waals surface area contributed by atoms with E-state index in [0.29, 0.717) is 11.8 Å². The number of hydrogen-bond donors (Lipinski definition) is 1. The summed E-state index contributed by atoms with van der Waals surface area (Å²) in [5, 5.41) is 8.89. The van der Waals surface area contributed by atoms with Gasteiger partial charge in [0, 0.05) is 26.2 Å². The number of rotatable bonds is 4. The van der Waals surface area contributed by atoms with E-state index in [1.807, 2.05) is 6.92 Å². The highest BCUT2D eigenvalue weighted by Gasteiger charge is 2.35. The number of carboxylic acid groups (broad SMARTS) is 1. The van der Waals surface area contributed by atoms with E-state index in [-0.39, 0.29) is 5.92 Å². The first kappa shape index (κ1) is 11.9. The fourth-order valence-electron chi connectivity index (χ4n) is 2.59. The number of hydrogen-bond acceptors (Lipinski definition) is 3. The van der Waals surface area contributed by atoms with Crippen molar-refractivity contribution in [3.05, 3.63) is 0 Å². The molecular formula is C12H21NO3. The summed E-state index contributed by atoms with van der Waals surface area (Å²) in [4.78, 5) is 13.2. The Hall–Kier alpha value is -0.610. The Morgan fingerprint density at radius 1 is 1.56 bits per heavy atom. The van der Waals surface area contributed by atoms with Crippen molar-refractivity contribution in [2.24, 2.45) is 17.8 Å². The van der Waals surface area contributed by atoms with Crippen LogP contribution < -0.4 is 0 Å². The first-order valence-corrected chi connectivity index (χ1v) is 6.19. The van der Waals surface area contributed by atoms with Gasteiger partial charge >= 0.3 is 5.97 Å². The van der Waals surface area contributed by atoms with Crippen LogP contribution in [-0.2, 0) is 9.53 Å². The summed E-state index contributed by atoms with van der Waals surface area (Å²) in [7, 11) is 0. The molecule has 4 nitrogen and oxygen atoms in total. The van der Waals surface area contributed by atoms with E-state index in [0.717, 1.165) is 32.8 Å². The normalized spacial score (nSPS) is 29.7. The molecule has 2 heterocycles. The molecule has 0 radical (unpaired) electrons. The molecule has 0 amide bonds. The Bertz CT molecular complexity index is 245. The molecule has 2 unspecified atom stereocenters. The molecule has 0 spiro atoms. The van der Waals surface area contributed by atoms with Gasteiger partial charge in [-0.05, 0) is 24.7 Å². The molecule has 2 aliphatic rings. The zero-order chi connectivity index (χ0) is 11.5. The Kier molecular flexibility index (Phi) is 3.82. The van der Waals surface area contributed by atoms with Crippen molar-refractivity contribution in [1.29, 1.82) is 0 Å². The maximum Gasteiger partial charge on any atom is 0.306 e. The summed E-state index contributed by atoms with van der Waals surface area (Å²) >= 11 is 0. The second-order valence-corrected chi connectivity index (χ2v) is 5.19. The largest absolute Gasteiger partial charge is 0.481 e. The smallest absolute Gasteiger partial charge is 0.306 e. The molecule has 1 N–H and O–H groups in total. The zero-order valence-corrected chi connectivity index (χ0v) is 9.89. The highest BCUT2D eigenvalue weighted by molar-refractivity contribution is 5.70. The molecule has 0 aromatic carbocycles. The lowest BCUT2D eigenvalue weighted by Gasteiger charge is -2.43. The number of carbonyl (C=O) groups is 1. The topological polar surface area (TPSA) is 49.8 Å². The van der Waals surface area contributed by atoms with Crippen LogP contribution in [0.25, 0.3) is 0 Å². The second kappa shape index (κ2) is 5.15. The molecule has 0 saturated carbocycles. The summed E-state index contributed by atoms with van der Waals surface area (Å²) in [6.07, 6.45) is 2.43. The van der Waals surface area contributed by atoms with Crippen molar-refractivity contribution in [1.82, 2.24) is 4.90 Å². The van der Waals surface area contributed by atoms with Crippen LogP contribution in [0.1, 0.15) is 19.8 Å². The van der Waals surface area contributed by atoms with Gasteiger partial charge in [-0.25, -0.2) is 0 Å². The third-order valence-corrected chi connectivity index (χ3v) is 3.85. The maximum atomic E-state index is 10.8. The molecule has 2 fully saturated rings. The van der Waals surface area contributed by atoms with Gasteiger partial charge in [0.1, 0.15) is 0 Å². The van der Waals surface area contributed by atoms with Crippen LogP contribution in [0.2, 0.25) is 0 Å². The van der Waals surface area contributed by atoms with Crippen LogP contribution in [0.3, 0.4) is 0 Å². The van der Waals surface area contributed by atoms with Gasteiger partial charge in [0.25, 0.3) is 0 Å². The molecule has 4 heteroatoms. The number of nitrogens with zero attached hydrogens (tertiary/aromatic N) is 1. The van der Waals surface area contributed by atoms with E-state index in [9.17, 15) is 4.79 Å². The predicted molar refractivity (Wildman–Crippen MR) is 60.3 cm³/mol. The van der Waals surface area contributed by atoms with Crippen molar-refractivity contribution in [3.8, 4) is 0 Å². The highest BCUT2D eigenvalue weighted by Crippen LogP contribution is 2.26. The highest BCUT2D eigenvalue weighted by atomic mass is 16.5. The average molecular weight is 227 g/mol. The van der Waals surface area contributed by atoms with E-state index < -0.39 is 5.97 Å². The van der Waals surface area contributed by atoms with Gasteiger partial charge in [0.05, 0.1) is 12.5 Å². The van der Waals surface area contributed by atoms with Crippen LogP contribution in [0.4, 0.5) is 0 Å². The summed E-state index contributed by atoms with van der Waals surface area (Å²) in [5.74, 6) is 0.154. The molecule has 0 aromatic rings. The lowest BCUT2D eigenvalue weighted by Crippen LogP contribution is -2.52. The van der Waals surface area contributed by atoms with Crippen LogP contribution in [0, 0.1) is 17.8 Å². The van der Waals surface area contributed by atoms with Gasteiger partial charge in [0.15, 0.2) is 0 Å². The number of likely N-dealkylation sites (tertiary alicyclic amines) is 1. The van der Waals surface area contributed by atoms with Crippen LogP contribution >= 0.6 is 0 Å². The van der Waals surface area contributed by atoms with Gasteiger partial charge in [-0.15, -0.1) is 0 Å². The molecule has 2 saturated heterocycles. The van der Waals surface area contributed by atoms with Gasteiger partial charge < -0.3 is 14.7 Å². The fourth-order valence-corrected chi connectivity index (χ4v) is 2.59. The SMILES string of the molecule is CC(C(=O)O)C1CN(CC2CCCOC2)C1. The fraction of sp³-hybridized carbons (Fsp3) is 0.917. The predicted octanol–water partition coefficient (Wildman–Crippen LogP) is 1.07. The van der Waals surface area contributed by atoms with Crippen molar-refractivity contribution in [3.63, 3.8) is 0 Å². The van der Waals surface area contributed by atoms with E-state index >= 15 is 0 Å². The standard InChI is InChI=1S/C12H21NO3/c1-9(12(14)15)11-6-13(7-11)5-10-3-2-4-16-8-10/h9-11H,2-8H2,1H3,(H,14,15). The molecule has 2 atom stereocenters. The maximum absolute atomic E-state index is 10.8. The minimum atomic E-state index is -0.661. The van der Waals surface area contributed by atoms with Crippen molar-refractivity contribution < 1.29 is 14.6 Å². The quantitative estimate of drug-likeness (QED) is 0.780. The minimum absolute atomic E-state index is 0.196. The van der Waals surface area contributed by atoms with E-state index in [1.54, 1.807) is 0 Å². The molecule has 92 valence electrons. The lowest BCUT2D eigenvalue weighted by atomic mass is 9.86. The van der Waals surface area contributed by atoms with Crippen LogP contribution in [0.15, 0.2) is 0 Å². The summed E-state index contributed by atoms with van der Waals surface area (Å²) in [5.41, 5.74) is 0. The monoisotopic (exact) mass is 227 g/mol. The minimum Gasteiger partial charge on any atom is -0.481 e. The molecule has 16 heavy (non-hydrogen) atoms. The van der Waals surface area contributed by atoms with Crippen LogP contribution in [-0.4, -0.2) is 48.8 Å². The van der Waals surface area contributed by atoms with Gasteiger partial charge in [-0.1, -0.05) is 6.92 Å². The molecule has 2 rings (SSSR count). The summed E-state index contributed by atoms with van der Waals surface area (Å²) < 4.78 is 5.44. The third-order valence-electron chi connectivity index (χ3n) is 3.85. The van der Waals surface area contributed by atoms with Gasteiger partial charge in [-0.3, -0.25) is 4.79 Å². The van der Waals surface area contributed by atoms with E-state index in [2.05, 4.69) is 4.90 Å². The van der Waals surface area contributed by atoms with Gasteiger partial charge in [0.2, 0.25) is 0 Å². The summed E-state index contributed by atoms with van der Waals surface area (Å²) in [6.45, 7) is 6.59. The Morgan fingerprint density at radius 3 is 2.88 bits per heavy atom.